The van der Waals surface area contributed by atoms with E-state index in [4.69, 9.17) is 6.48 Å². The van der Waals surface area contributed by atoms with Gasteiger partial charge in [-0.2, -0.15) is 0 Å². The van der Waals surface area contributed by atoms with Crippen LogP contribution in [0.2, 0.25) is 0 Å². The number of carboxylic acids is 1. The van der Waals surface area contributed by atoms with Crippen LogP contribution in [0.25, 0.3) is 0 Å². The van der Waals surface area contributed by atoms with E-state index in [1.807, 2.05) is 0 Å². The van der Waals surface area contributed by atoms with Crippen LogP contribution in [-0.2, 0) is 4.79 Å². The molecule has 0 fully saturated rings. The molecule has 42 valence electrons. The lowest BCUT2D eigenvalue weighted by atomic mass is 10.1. The monoisotopic (exact) mass is 103 g/mol. The fourth-order valence-electron chi connectivity index (χ4n) is 0.143. The van der Waals surface area contributed by atoms with Crippen molar-refractivity contribution >= 4 is 5.97 Å². The lowest BCUT2D eigenvalue weighted by molar-refractivity contribution is -0.141. The first-order valence-electron chi connectivity index (χ1n) is 2.78. The maximum absolute atomic E-state index is 10.0. The van der Waals surface area contributed by atoms with Gasteiger partial charge in [-0.15, -0.1) is 0 Å². The molecule has 2 unspecified atom stereocenters. The molecule has 0 saturated heterocycles. The highest BCUT2D eigenvalue weighted by Crippen LogP contribution is 1.97. The summed E-state index contributed by atoms with van der Waals surface area (Å²) in [5.74, 6) is -1.44. The van der Waals surface area contributed by atoms with Gasteiger partial charge in [-0.05, 0) is 6.40 Å². The van der Waals surface area contributed by atoms with Gasteiger partial charge in [0.05, 0.1) is 5.92 Å². The third-order valence-electron chi connectivity index (χ3n) is 0.890. The van der Waals surface area contributed by atoms with Gasteiger partial charge in [0, 0.05) is 1.37 Å². The largest absolute Gasteiger partial charge is 0.481 e. The van der Waals surface area contributed by atoms with Crippen LogP contribution in [0.15, 0.2) is 0 Å². The zero-order chi connectivity index (χ0) is 6.73. The average molecular weight is 103 g/mol. The SMILES string of the molecule is [2H]C(C)C(C)C(=O)O. The van der Waals surface area contributed by atoms with Crippen molar-refractivity contribution in [3.05, 3.63) is 0 Å². The summed E-state index contributed by atoms with van der Waals surface area (Å²) in [6, 6.07) is 0. The van der Waals surface area contributed by atoms with Crippen molar-refractivity contribution in [2.75, 3.05) is 0 Å². The van der Waals surface area contributed by atoms with Crippen LogP contribution in [0, 0.1) is 5.92 Å². The second-order valence-corrected chi connectivity index (χ2v) is 1.46. The molecular weight excluding hydrogens is 92.1 g/mol. The maximum Gasteiger partial charge on any atom is 0.306 e. The fourth-order valence-corrected chi connectivity index (χ4v) is 0.143. The van der Waals surface area contributed by atoms with Crippen LogP contribution in [0.5, 0.6) is 0 Å². The molecule has 0 aliphatic heterocycles. The Bertz CT molecular complexity index is 90.4. The molecule has 0 heterocycles. The molecule has 0 aromatic heterocycles. The van der Waals surface area contributed by atoms with Gasteiger partial charge in [-0.1, -0.05) is 13.8 Å². The first kappa shape index (κ1) is 4.62. The molecule has 0 spiro atoms. The van der Waals surface area contributed by atoms with Crippen LogP contribution in [0.4, 0.5) is 0 Å². The number of aliphatic carboxylic acids is 1. The summed E-state index contributed by atoms with van der Waals surface area (Å²) in [6.45, 7) is 3.10. The van der Waals surface area contributed by atoms with Gasteiger partial charge in [0.2, 0.25) is 0 Å². The van der Waals surface area contributed by atoms with E-state index in [-0.39, 0.29) is 0 Å². The zero-order valence-corrected chi connectivity index (χ0v) is 4.51. The van der Waals surface area contributed by atoms with Crippen molar-refractivity contribution in [1.29, 1.82) is 0 Å². The van der Waals surface area contributed by atoms with E-state index in [1.165, 1.54) is 6.92 Å². The Morgan fingerprint density at radius 3 is 2.57 bits per heavy atom. The highest BCUT2D eigenvalue weighted by atomic mass is 16.4. The molecule has 0 saturated carbocycles. The Balaban J connectivity index is 3.64. The summed E-state index contributed by atoms with van der Waals surface area (Å²) in [5, 5.41) is 8.23. The highest BCUT2D eigenvalue weighted by molar-refractivity contribution is 5.69. The predicted octanol–water partition coefficient (Wildman–Crippen LogP) is 1.12. The van der Waals surface area contributed by atoms with Crippen molar-refractivity contribution < 1.29 is 11.3 Å². The Morgan fingerprint density at radius 1 is 2.14 bits per heavy atom. The smallest absolute Gasteiger partial charge is 0.306 e. The van der Waals surface area contributed by atoms with Crippen molar-refractivity contribution in [1.82, 2.24) is 0 Å². The number of hydrogen-bond acceptors (Lipinski definition) is 1. The molecule has 2 nitrogen and oxygen atoms in total. The number of carbonyl (C=O) groups is 1. The van der Waals surface area contributed by atoms with Gasteiger partial charge in [0.15, 0.2) is 0 Å². The van der Waals surface area contributed by atoms with E-state index in [1.54, 1.807) is 6.92 Å². The minimum Gasteiger partial charge on any atom is -0.481 e. The summed E-state index contributed by atoms with van der Waals surface area (Å²) >= 11 is 0. The highest BCUT2D eigenvalue weighted by Gasteiger charge is 2.05. The van der Waals surface area contributed by atoms with Crippen LogP contribution >= 0.6 is 0 Å². The number of rotatable bonds is 2. The number of hydrogen-bond donors (Lipinski definition) is 1. The van der Waals surface area contributed by atoms with E-state index < -0.39 is 18.3 Å². The summed E-state index contributed by atoms with van der Waals surface area (Å²) in [6.07, 6.45) is -0.507. The number of carboxylic acid groups (broad SMARTS) is 1. The molecule has 0 aliphatic rings. The second kappa shape index (κ2) is 2.61. The average Bonchev–Trinajstić information content (AvgIpc) is 1.64. The molecule has 2 atom stereocenters. The van der Waals surface area contributed by atoms with E-state index in [2.05, 4.69) is 0 Å². The maximum atomic E-state index is 10.0. The molecular formula is C5H10O2. The third-order valence-corrected chi connectivity index (χ3v) is 0.890. The molecule has 0 radical (unpaired) electrons. The summed E-state index contributed by atoms with van der Waals surface area (Å²) < 4.78 is 6.93. The molecule has 0 bridgehead atoms. The van der Waals surface area contributed by atoms with Crippen LogP contribution in [0.1, 0.15) is 21.6 Å². The van der Waals surface area contributed by atoms with Gasteiger partial charge in [0.1, 0.15) is 0 Å². The first-order chi connectivity index (χ1) is 3.55. The van der Waals surface area contributed by atoms with Gasteiger partial charge in [-0.25, -0.2) is 0 Å². The minimum absolute atomic E-state index is 0.507. The van der Waals surface area contributed by atoms with Crippen LogP contribution in [0.3, 0.4) is 0 Å². The Kier molecular flexibility index (Phi) is 1.72. The van der Waals surface area contributed by atoms with Gasteiger partial charge in [-0.3, -0.25) is 4.79 Å². The molecule has 7 heavy (non-hydrogen) atoms. The van der Waals surface area contributed by atoms with E-state index >= 15 is 0 Å². The van der Waals surface area contributed by atoms with Crippen molar-refractivity contribution in [3.8, 4) is 0 Å². The molecule has 0 aromatic carbocycles. The Hall–Kier alpha value is -0.530. The van der Waals surface area contributed by atoms with Crippen LogP contribution < -0.4 is 0 Å². The van der Waals surface area contributed by atoms with Gasteiger partial charge >= 0.3 is 5.97 Å². The van der Waals surface area contributed by atoms with Crippen LogP contribution in [-0.4, -0.2) is 11.1 Å². The molecule has 0 amide bonds. The molecule has 0 rings (SSSR count). The first-order valence-corrected chi connectivity index (χ1v) is 2.20. The van der Waals surface area contributed by atoms with E-state index in [9.17, 15) is 4.79 Å². The standard InChI is InChI=1S/C5H10O2/c1-3-4(2)5(6)7/h4H,3H2,1-2H3,(H,6,7)/i3D. The molecule has 1 N–H and O–H groups in total. The summed E-state index contributed by atoms with van der Waals surface area (Å²) in [7, 11) is 0. The van der Waals surface area contributed by atoms with E-state index in [0.29, 0.717) is 0 Å². The van der Waals surface area contributed by atoms with Crippen molar-refractivity contribution in [3.63, 3.8) is 0 Å². The van der Waals surface area contributed by atoms with E-state index in [0.717, 1.165) is 0 Å². The fraction of sp³-hybridized carbons (Fsp3) is 0.800. The Morgan fingerprint density at radius 2 is 2.57 bits per heavy atom. The summed E-state index contributed by atoms with van der Waals surface area (Å²) in [4.78, 5) is 10.0. The quantitative estimate of drug-likeness (QED) is 0.568. The van der Waals surface area contributed by atoms with Crippen molar-refractivity contribution in [2.45, 2.75) is 20.2 Å². The second-order valence-electron chi connectivity index (χ2n) is 1.46. The Labute approximate surface area is 44.6 Å². The normalized spacial score (nSPS) is 20.0. The zero-order valence-electron chi connectivity index (χ0n) is 5.51. The molecule has 0 aliphatic carbocycles. The predicted molar refractivity (Wildman–Crippen MR) is 27.1 cm³/mol. The third kappa shape index (κ3) is 2.20. The molecule has 0 aromatic rings. The lowest BCUT2D eigenvalue weighted by Crippen LogP contribution is -2.06. The molecule has 2 heteroatoms. The topological polar surface area (TPSA) is 37.3 Å². The minimum atomic E-state index is -0.896. The van der Waals surface area contributed by atoms with Crippen molar-refractivity contribution in [2.24, 2.45) is 5.92 Å². The van der Waals surface area contributed by atoms with Gasteiger partial charge in [0.25, 0.3) is 0 Å². The van der Waals surface area contributed by atoms with Gasteiger partial charge < -0.3 is 5.11 Å². The summed E-state index contributed by atoms with van der Waals surface area (Å²) in [5.41, 5.74) is 0. The lowest BCUT2D eigenvalue weighted by Gasteiger charge is -1.96.